The fraction of sp³-hybridized carbons (Fsp3) is 0.769. The maximum absolute atomic E-state index is 11.9. The Morgan fingerprint density at radius 3 is 2.56 bits per heavy atom. The zero-order chi connectivity index (χ0) is 26.4. The number of halogens is 1. The lowest BCUT2D eigenvalue weighted by Gasteiger charge is -2.43. The summed E-state index contributed by atoms with van der Waals surface area (Å²) in [5.74, 6) is 1.24. The molecule has 7 nitrogen and oxygen atoms in total. The van der Waals surface area contributed by atoms with Crippen molar-refractivity contribution in [1.82, 2.24) is 14.8 Å². The first-order valence-electron chi connectivity index (χ1n) is 13.3. The third-order valence-electron chi connectivity index (χ3n) is 8.65. The normalized spacial score (nSPS) is 21.4. The second-order valence-corrected chi connectivity index (χ2v) is 20.2. The SMILES string of the molecule is CC(C)(C)[Si](C)(C)OCC1(Cn2nc(N3CC[C@H](CS(C)(=O)=O)C3)c3cnc(Cl)cc32)CCCCC1. The largest absolute Gasteiger partial charge is 0.416 e. The van der Waals surface area contributed by atoms with Crippen molar-refractivity contribution in [2.75, 3.05) is 36.6 Å². The molecular formula is C26H43ClN4O3SSi. The van der Waals surface area contributed by atoms with E-state index in [2.05, 4.69) is 48.4 Å². The maximum atomic E-state index is 11.9. The monoisotopic (exact) mass is 554 g/mol. The van der Waals surface area contributed by atoms with Crippen LogP contribution in [0.4, 0.5) is 5.82 Å². The van der Waals surface area contributed by atoms with Gasteiger partial charge in [-0.05, 0) is 43.3 Å². The van der Waals surface area contributed by atoms with Crippen molar-refractivity contribution in [3.63, 3.8) is 0 Å². The molecule has 2 fully saturated rings. The Labute approximate surface area is 223 Å². The standard InChI is InChI=1S/C26H43ClN4O3SSi/c1-25(2,3)36(5,6)34-19-26(11-8-7-9-12-26)18-31-22-14-23(27)28-15-21(22)24(29-31)30-13-10-20(16-30)17-35(4,32)33/h14-15,20H,7-13,16-19H2,1-6H3/t20-/m0/s1. The summed E-state index contributed by atoms with van der Waals surface area (Å²) < 4.78 is 32.7. The van der Waals surface area contributed by atoms with Crippen molar-refractivity contribution < 1.29 is 12.8 Å². The molecule has 4 rings (SSSR count). The molecule has 0 aromatic carbocycles. The first kappa shape index (κ1) is 27.9. The van der Waals surface area contributed by atoms with Gasteiger partial charge in [-0.15, -0.1) is 0 Å². The van der Waals surface area contributed by atoms with E-state index in [0.29, 0.717) is 11.7 Å². The van der Waals surface area contributed by atoms with Gasteiger partial charge in [0.25, 0.3) is 0 Å². The third kappa shape index (κ3) is 6.27. The Balaban J connectivity index is 1.64. The van der Waals surface area contributed by atoms with Crippen LogP contribution >= 0.6 is 11.6 Å². The lowest BCUT2D eigenvalue weighted by Crippen LogP contribution is -2.45. The van der Waals surface area contributed by atoms with Crippen LogP contribution in [0.5, 0.6) is 0 Å². The third-order valence-corrected chi connectivity index (χ3v) is 14.4. The topological polar surface area (TPSA) is 77.3 Å². The molecule has 1 aliphatic carbocycles. The number of aromatic nitrogens is 3. The molecule has 1 saturated heterocycles. The second-order valence-electron chi connectivity index (χ2n) is 12.8. The Bertz CT molecular complexity index is 1190. The van der Waals surface area contributed by atoms with Crippen LogP contribution in [0.2, 0.25) is 23.3 Å². The molecule has 3 heterocycles. The van der Waals surface area contributed by atoms with E-state index in [4.69, 9.17) is 21.1 Å². The predicted octanol–water partition coefficient (Wildman–Crippen LogP) is 5.93. The van der Waals surface area contributed by atoms with E-state index in [9.17, 15) is 8.42 Å². The molecule has 1 saturated carbocycles. The number of hydrogen-bond acceptors (Lipinski definition) is 6. The molecule has 10 heteroatoms. The van der Waals surface area contributed by atoms with Crippen LogP contribution < -0.4 is 4.90 Å². The highest BCUT2D eigenvalue weighted by Crippen LogP contribution is 2.43. The molecular weight excluding hydrogens is 512 g/mol. The van der Waals surface area contributed by atoms with Gasteiger partial charge in [-0.2, -0.15) is 5.10 Å². The van der Waals surface area contributed by atoms with Crippen LogP contribution in [0, 0.1) is 11.3 Å². The van der Waals surface area contributed by atoms with Crippen LogP contribution in [-0.2, 0) is 20.8 Å². The first-order chi connectivity index (χ1) is 16.7. The number of fused-ring (bicyclic) bond motifs is 1. The van der Waals surface area contributed by atoms with Crippen molar-refractivity contribution in [1.29, 1.82) is 0 Å². The van der Waals surface area contributed by atoms with Gasteiger partial charge in [-0.3, -0.25) is 4.68 Å². The van der Waals surface area contributed by atoms with Crippen molar-refractivity contribution >= 4 is 46.5 Å². The van der Waals surface area contributed by atoms with Crippen molar-refractivity contribution in [3.05, 3.63) is 17.4 Å². The summed E-state index contributed by atoms with van der Waals surface area (Å²) in [5.41, 5.74) is 1.04. The fourth-order valence-corrected chi connectivity index (χ4v) is 7.87. The van der Waals surface area contributed by atoms with Crippen molar-refractivity contribution in [3.8, 4) is 0 Å². The zero-order valence-corrected chi connectivity index (χ0v) is 25.4. The summed E-state index contributed by atoms with van der Waals surface area (Å²) in [6.45, 7) is 14.6. The van der Waals surface area contributed by atoms with E-state index in [1.807, 2.05) is 12.3 Å². The number of rotatable bonds is 8. The smallest absolute Gasteiger partial charge is 0.192 e. The van der Waals surface area contributed by atoms with Gasteiger partial charge < -0.3 is 9.33 Å². The molecule has 0 radical (unpaired) electrons. The van der Waals surface area contributed by atoms with Crippen LogP contribution in [0.1, 0.15) is 59.3 Å². The highest BCUT2D eigenvalue weighted by molar-refractivity contribution is 7.90. The average Bonchev–Trinajstić information content (AvgIpc) is 3.35. The molecule has 1 atom stereocenters. The van der Waals surface area contributed by atoms with Gasteiger partial charge in [-0.25, -0.2) is 13.4 Å². The minimum Gasteiger partial charge on any atom is -0.416 e. The van der Waals surface area contributed by atoms with Gasteiger partial charge in [0, 0.05) is 50.2 Å². The number of nitrogens with zero attached hydrogens (tertiary/aromatic N) is 4. The van der Waals surface area contributed by atoms with Crippen LogP contribution in [0.3, 0.4) is 0 Å². The molecule has 0 bridgehead atoms. The lowest BCUT2D eigenvalue weighted by molar-refractivity contribution is 0.0680. The number of sulfone groups is 1. The minimum absolute atomic E-state index is 0.0452. The summed E-state index contributed by atoms with van der Waals surface area (Å²) in [7, 11) is -4.88. The molecule has 1 aliphatic heterocycles. The summed E-state index contributed by atoms with van der Waals surface area (Å²) in [6, 6.07) is 1.92. The lowest BCUT2D eigenvalue weighted by atomic mass is 9.74. The number of hydrogen-bond donors (Lipinski definition) is 0. The van der Waals surface area contributed by atoms with E-state index in [1.165, 1.54) is 25.5 Å². The van der Waals surface area contributed by atoms with E-state index < -0.39 is 18.2 Å². The zero-order valence-electron chi connectivity index (χ0n) is 22.8. The highest BCUT2D eigenvalue weighted by Gasteiger charge is 2.41. The molecule has 0 amide bonds. The maximum Gasteiger partial charge on any atom is 0.192 e. The summed E-state index contributed by atoms with van der Waals surface area (Å²) in [5, 5.41) is 6.74. The molecule has 2 aromatic rings. The van der Waals surface area contributed by atoms with Gasteiger partial charge in [-0.1, -0.05) is 51.6 Å². The second kappa shape index (κ2) is 10.2. The summed E-state index contributed by atoms with van der Waals surface area (Å²) in [4.78, 5) is 6.59. The van der Waals surface area contributed by atoms with Crippen LogP contribution in [-0.4, -0.2) is 63.2 Å². The Morgan fingerprint density at radius 2 is 1.92 bits per heavy atom. The van der Waals surface area contributed by atoms with Gasteiger partial charge >= 0.3 is 0 Å². The van der Waals surface area contributed by atoms with Gasteiger partial charge in [0.15, 0.2) is 14.1 Å². The quantitative estimate of drug-likeness (QED) is 0.297. The summed E-state index contributed by atoms with van der Waals surface area (Å²) in [6.07, 6.45) is 9.98. The van der Waals surface area contributed by atoms with E-state index >= 15 is 0 Å². The average molecular weight is 555 g/mol. The van der Waals surface area contributed by atoms with Gasteiger partial charge in [0.2, 0.25) is 0 Å². The van der Waals surface area contributed by atoms with E-state index in [1.54, 1.807) is 0 Å². The number of pyridine rings is 1. The molecule has 202 valence electrons. The Hall–Kier alpha value is -1.16. The predicted molar refractivity (Wildman–Crippen MR) is 151 cm³/mol. The minimum atomic E-state index is -3.01. The van der Waals surface area contributed by atoms with Crippen LogP contribution in [0.25, 0.3) is 10.9 Å². The van der Waals surface area contributed by atoms with Crippen molar-refractivity contribution in [2.45, 2.75) is 84.0 Å². The first-order valence-corrected chi connectivity index (χ1v) is 18.6. The van der Waals surface area contributed by atoms with Gasteiger partial charge in [0.1, 0.15) is 15.0 Å². The molecule has 2 aliphatic rings. The molecule has 36 heavy (non-hydrogen) atoms. The molecule has 2 aromatic heterocycles. The molecule has 0 N–H and O–H groups in total. The Morgan fingerprint density at radius 1 is 1.22 bits per heavy atom. The highest BCUT2D eigenvalue weighted by atomic mass is 35.5. The van der Waals surface area contributed by atoms with E-state index in [-0.39, 0.29) is 22.1 Å². The van der Waals surface area contributed by atoms with Crippen LogP contribution in [0.15, 0.2) is 12.3 Å². The van der Waals surface area contributed by atoms with Gasteiger partial charge in [0.05, 0.1) is 16.7 Å². The fourth-order valence-electron chi connectivity index (χ4n) is 5.49. The Kier molecular flexibility index (Phi) is 7.89. The molecule has 0 spiro atoms. The molecule has 0 unspecified atom stereocenters. The van der Waals surface area contributed by atoms with Crippen molar-refractivity contribution in [2.24, 2.45) is 11.3 Å². The summed E-state index contributed by atoms with van der Waals surface area (Å²) >= 11 is 6.35. The van der Waals surface area contributed by atoms with E-state index in [0.717, 1.165) is 55.7 Å². The number of anilines is 1.